The number of fused-ring (bicyclic) bond motifs is 4. The maximum Gasteiger partial charge on any atom is 1.00 e. The molecular formula is C46H28Na4O22. The zero-order valence-corrected chi connectivity index (χ0v) is 46.3. The molecule has 0 saturated heterocycles. The van der Waals surface area contributed by atoms with Gasteiger partial charge in [0.05, 0.1) is 0 Å². The molecule has 0 radical (unpaired) electrons. The topological polar surface area (TPSA) is 359 Å². The van der Waals surface area contributed by atoms with Gasteiger partial charge in [0.15, 0.2) is 44.8 Å². The number of benzene rings is 4. The van der Waals surface area contributed by atoms with Crippen molar-refractivity contribution in [2.24, 2.45) is 0 Å². The van der Waals surface area contributed by atoms with Crippen LogP contribution in [0.4, 0.5) is 0 Å². The van der Waals surface area contributed by atoms with Gasteiger partial charge in [-0.1, -0.05) is 24.3 Å². The Bertz CT molecular complexity index is 3080. The third-order valence-electron chi connectivity index (χ3n) is 9.40. The molecule has 0 bridgehead atoms. The molecule has 0 unspecified atom stereocenters. The average Bonchev–Trinajstić information content (AvgIpc) is 3.30. The first-order valence-electron chi connectivity index (χ1n) is 19.5. The van der Waals surface area contributed by atoms with E-state index in [0.717, 1.165) is 24.3 Å². The molecule has 0 fully saturated rings. The second-order valence-corrected chi connectivity index (χ2v) is 14.1. The van der Waals surface area contributed by atoms with Crippen LogP contribution < -0.4 is 179 Å². The third-order valence-corrected chi connectivity index (χ3v) is 9.40. The van der Waals surface area contributed by atoms with E-state index in [4.69, 9.17) is 36.6 Å². The molecule has 4 heterocycles. The van der Waals surface area contributed by atoms with Crippen LogP contribution in [0.15, 0.2) is 134 Å². The summed E-state index contributed by atoms with van der Waals surface area (Å²) >= 11 is 0. The zero-order chi connectivity index (χ0) is 48.8. The van der Waals surface area contributed by atoms with Crippen LogP contribution in [0, 0.1) is 0 Å². The second kappa shape index (κ2) is 27.1. The largest absolute Gasteiger partial charge is 1.00 e. The summed E-state index contributed by atoms with van der Waals surface area (Å²) in [6, 6.07) is 20.2. The molecule has 8 aromatic rings. The van der Waals surface area contributed by atoms with E-state index in [2.05, 4.69) is 0 Å². The molecule has 0 aliphatic rings. The first kappa shape index (κ1) is 61.0. The van der Waals surface area contributed by atoms with Crippen molar-refractivity contribution in [3.05, 3.63) is 161 Å². The Labute approximate surface area is 489 Å². The SMILES string of the molecule is O=C([O-])c1cc(=O)c2c(OCC(O)COc3cccc4oc(C(=O)[O-])cc(=O)c34)cccc2o1.O=C([O-])c1cc(=O)c2c(OCC(O)COc3cccc4oc(C(=O)[O-])cc(=O)c34)cccc2o1.[Na+].[Na+].[Na+].[Na+]. The molecule has 8 rings (SSSR count). The van der Waals surface area contributed by atoms with Crippen LogP contribution in [-0.4, -0.2) is 72.7 Å². The first-order chi connectivity index (χ1) is 32.5. The van der Waals surface area contributed by atoms with Crippen molar-refractivity contribution in [2.45, 2.75) is 12.2 Å². The molecule has 0 atom stereocenters. The zero-order valence-electron chi connectivity index (χ0n) is 38.3. The van der Waals surface area contributed by atoms with Gasteiger partial charge in [0.1, 0.15) is 129 Å². The summed E-state index contributed by atoms with van der Waals surface area (Å²) in [6.45, 7) is -1.30. The summed E-state index contributed by atoms with van der Waals surface area (Å²) in [5, 5.41) is 64.3. The smallest absolute Gasteiger partial charge is 0.542 e. The molecule has 26 heteroatoms. The summed E-state index contributed by atoms with van der Waals surface area (Å²) in [5.41, 5.74) is -2.80. The minimum Gasteiger partial charge on any atom is -0.542 e. The maximum atomic E-state index is 12.3. The molecule has 4 aromatic heterocycles. The number of hydrogen-bond donors (Lipinski definition) is 2. The van der Waals surface area contributed by atoms with Crippen molar-refractivity contribution in [3.63, 3.8) is 0 Å². The number of hydrogen-bond acceptors (Lipinski definition) is 22. The predicted octanol–water partition coefficient (Wildman–Crippen LogP) is -13.1. The maximum absolute atomic E-state index is 12.3. The van der Waals surface area contributed by atoms with Crippen LogP contribution in [0.2, 0.25) is 0 Å². The van der Waals surface area contributed by atoms with Crippen LogP contribution in [-0.2, 0) is 0 Å². The molecular weight excluding hydrogens is 996 g/mol. The summed E-state index contributed by atoms with van der Waals surface area (Å²) in [4.78, 5) is 93.1. The molecule has 72 heavy (non-hydrogen) atoms. The normalized spacial score (nSPS) is 10.5. The second-order valence-electron chi connectivity index (χ2n) is 14.1. The van der Waals surface area contributed by atoms with Gasteiger partial charge in [0.25, 0.3) is 0 Å². The van der Waals surface area contributed by atoms with Crippen molar-refractivity contribution < 1.29 is 205 Å². The number of aromatic carboxylic acids is 4. The van der Waals surface area contributed by atoms with Gasteiger partial charge in [-0.3, -0.25) is 19.2 Å². The average molecular weight is 1020 g/mol. The number of carbonyl (C=O) groups is 4. The van der Waals surface area contributed by atoms with Gasteiger partial charge in [-0.05, 0) is 48.5 Å². The van der Waals surface area contributed by atoms with Gasteiger partial charge in [-0.25, -0.2) is 0 Å². The molecule has 0 aliphatic heterocycles. The van der Waals surface area contributed by atoms with Crippen LogP contribution in [0.25, 0.3) is 43.9 Å². The van der Waals surface area contributed by atoms with Crippen molar-refractivity contribution in [2.75, 3.05) is 26.4 Å². The molecule has 348 valence electrons. The Morgan fingerprint density at radius 2 is 0.583 bits per heavy atom. The number of aliphatic hydroxyl groups is 2. The van der Waals surface area contributed by atoms with Crippen LogP contribution >= 0.6 is 0 Å². The third kappa shape index (κ3) is 14.5. The van der Waals surface area contributed by atoms with Crippen molar-refractivity contribution in [1.82, 2.24) is 0 Å². The summed E-state index contributed by atoms with van der Waals surface area (Å²) in [6.07, 6.45) is -2.43. The van der Waals surface area contributed by atoms with E-state index >= 15 is 0 Å². The minimum absolute atomic E-state index is 0. The molecule has 0 spiro atoms. The van der Waals surface area contributed by atoms with Gasteiger partial charge in [0, 0.05) is 24.3 Å². The number of aliphatic hydroxyl groups excluding tert-OH is 2. The van der Waals surface area contributed by atoms with E-state index in [1.54, 1.807) is 0 Å². The van der Waals surface area contributed by atoms with Crippen molar-refractivity contribution in [1.29, 1.82) is 0 Å². The van der Waals surface area contributed by atoms with Crippen LogP contribution in [0.1, 0.15) is 42.2 Å². The fourth-order valence-electron chi connectivity index (χ4n) is 6.44. The monoisotopic (exact) mass is 1020 g/mol. The van der Waals surface area contributed by atoms with E-state index in [1.807, 2.05) is 0 Å². The van der Waals surface area contributed by atoms with E-state index < -0.39 is 80.8 Å². The van der Waals surface area contributed by atoms with Gasteiger partial charge < -0.3 is 86.4 Å². The van der Waals surface area contributed by atoms with Crippen molar-refractivity contribution in [3.8, 4) is 23.0 Å². The van der Waals surface area contributed by atoms with Gasteiger partial charge in [-0.15, -0.1) is 0 Å². The van der Waals surface area contributed by atoms with Gasteiger partial charge in [0.2, 0.25) is 0 Å². The quantitative estimate of drug-likeness (QED) is 0.0849. The molecule has 0 saturated carbocycles. The number of carbonyl (C=O) groups excluding carboxylic acids is 4. The van der Waals surface area contributed by atoms with Crippen molar-refractivity contribution >= 4 is 67.8 Å². The Hall–Kier alpha value is -5.28. The number of ether oxygens (including phenoxy) is 4. The van der Waals surface area contributed by atoms with Crippen LogP contribution in [0.5, 0.6) is 23.0 Å². The minimum atomic E-state index is -1.64. The molecule has 0 aliphatic carbocycles. The van der Waals surface area contributed by atoms with Gasteiger partial charge in [-0.2, -0.15) is 0 Å². The Kier molecular flexibility index (Phi) is 23.0. The first-order valence-corrected chi connectivity index (χ1v) is 19.5. The molecule has 0 amide bonds. The fourth-order valence-corrected chi connectivity index (χ4v) is 6.44. The van der Waals surface area contributed by atoms with E-state index in [9.17, 15) is 69.0 Å². The number of rotatable bonds is 16. The molecule has 2 N–H and O–H groups in total. The molecule has 22 nitrogen and oxygen atoms in total. The van der Waals surface area contributed by atoms with E-state index in [-0.39, 0.29) is 212 Å². The summed E-state index contributed by atoms with van der Waals surface area (Å²) < 4.78 is 42.5. The standard InChI is InChI=1S/2C23H16O11.4Na/c2*24-11(9-31-14-3-1-5-16-20(14)12(25)7-18(33-16)22(27)28)10-32-15-4-2-6-17-21(15)13(26)8-19(34-17)23(29)30;;;;/h2*1-8,11,24H,9-10H2,(H,27,28)(H,29,30);;;;/q;;4*+1/p-4. The molecule has 4 aromatic carbocycles. The Morgan fingerprint density at radius 3 is 0.764 bits per heavy atom. The van der Waals surface area contributed by atoms with Gasteiger partial charge >= 0.3 is 118 Å². The summed E-state index contributed by atoms with van der Waals surface area (Å²) in [7, 11) is 0. The van der Waals surface area contributed by atoms with E-state index in [0.29, 0.717) is 0 Å². The predicted molar refractivity (Wildman–Crippen MR) is 221 cm³/mol. The van der Waals surface area contributed by atoms with Crippen LogP contribution in [0.3, 0.4) is 0 Å². The Balaban J connectivity index is 0.000000360. The Morgan fingerprint density at radius 1 is 0.389 bits per heavy atom. The number of carboxylic acids is 4. The summed E-state index contributed by atoms with van der Waals surface area (Å²) in [5.74, 6) is -8.88. The van der Waals surface area contributed by atoms with E-state index in [1.165, 1.54) is 72.8 Å². The number of carboxylic acid groups (broad SMARTS) is 4. The fraction of sp³-hybridized carbons (Fsp3) is 0.130.